The summed E-state index contributed by atoms with van der Waals surface area (Å²) in [5.41, 5.74) is 3.04. The van der Waals surface area contributed by atoms with E-state index < -0.39 is 0 Å². The van der Waals surface area contributed by atoms with Gasteiger partial charge in [0, 0.05) is 11.1 Å². The van der Waals surface area contributed by atoms with Gasteiger partial charge in [-0.25, -0.2) is 5.10 Å². The van der Waals surface area contributed by atoms with Gasteiger partial charge in [0.1, 0.15) is 5.75 Å². The van der Waals surface area contributed by atoms with Crippen LogP contribution in [0.1, 0.15) is 24.5 Å². The summed E-state index contributed by atoms with van der Waals surface area (Å²) in [5.74, 6) is 1.48. The smallest absolute Gasteiger partial charge is 0.216 e. The molecule has 1 N–H and O–H groups in total. The number of rotatable bonds is 6. The van der Waals surface area contributed by atoms with Gasteiger partial charge >= 0.3 is 0 Å². The van der Waals surface area contributed by atoms with Crippen LogP contribution in [-0.4, -0.2) is 27.7 Å². The Labute approximate surface area is 152 Å². The van der Waals surface area contributed by atoms with E-state index in [4.69, 9.17) is 17.0 Å². The molecule has 0 unspecified atom stereocenters. The molecule has 2 aromatic carbocycles. The van der Waals surface area contributed by atoms with Crippen LogP contribution in [0.15, 0.2) is 53.6 Å². The van der Waals surface area contributed by atoms with Gasteiger partial charge in [-0.2, -0.15) is 14.9 Å². The first-order valence-electron chi connectivity index (χ1n) is 8.19. The highest BCUT2D eigenvalue weighted by Gasteiger charge is 2.08. The SMILES string of the molecule is CCCOc1ccccc1/C=N/n1c(-c2ccc(C)cc2)n[nH]c1=S. The minimum absolute atomic E-state index is 0.443. The topological polar surface area (TPSA) is 55.2 Å². The van der Waals surface area contributed by atoms with E-state index in [1.165, 1.54) is 5.56 Å². The molecule has 1 heterocycles. The Kier molecular flexibility index (Phi) is 5.40. The van der Waals surface area contributed by atoms with Gasteiger partial charge in [-0.05, 0) is 37.7 Å². The lowest BCUT2D eigenvalue weighted by molar-refractivity contribution is 0.317. The Morgan fingerprint density at radius 3 is 2.72 bits per heavy atom. The molecule has 6 heteroatoms. The van der Waals surface area contributed by atoms with Crippen LogP contribution in [0, 0.1) is 11.7 Å². The van der Waals surface area contributed by atoms with Crippen LogP contribution in [-0.2, 0) is 0 Å². The van der Waals surface area contributed by atoms with Crippen molar-refractivity contribution in [3.05, 3.63) is 64.4 Å². The number of aromatic amines is 1. The number of hydrogen-bond acceptors (Lipinski definition) is 4. The largest absolute Gasteiger partial charge is 0.493 e. The predicted molar refractivity (Wildman–Crippen MR) is 103 cm³/mol. The second-order valence-corrected chi connectivity index (χ2v) is 6.05. The van der Waals surface area contributed by atoms with Crippen LogP contribution < -0.4 is 4.74 Å². The molecule has 0 saturated heterocycles. The fourth-order valence-corrected chi connectivity index (χ4v) is 2.52. The van der Waals surface area contributed by atoms with Crippen molar-refractivity contribution >= 4 is 18.4 Å². The number of aromatic nitrogens is 3. The van der Waals surface area contributed by atoms with Crippen LogP contribution in [0.4, 0.5) is 0 Å². The Hall–Kier alpha value is -2.73. The lowest BCUT2D eigenvalue weighted by Gasteiger charge is -2.07. The van der Waals surface area contributed by atoms with E-state index in [1.54, 1.807) is 10.9 Å². The van der Waals surface area contributed by atoms with Crippen molar-refractivity contribution < 1.29 is 4.74 Å². The van der Waals surface area contributed by atoms with Gasteiger partial charge in [-0.1, -0.05) is 48.9 Å². The number of nitrogens with one attached hydrogen (secondary N) is 1. The van der Waals surface area contributed by atoms with Gasteiger partial charge in [0.2, 0.25) is 4.77 Å². The highest BCUT2D eigenvalue weighted by Crippen LogP contribution is 2.19. The standard InChI is InChI=1S/C19H20N4OS/c1-3-12-24-17-7-5-4-6-16(17)13-20-23-18(21-22-19(23)25)15-10-8-14(2)9-11-15/h4-11,13H,3,12H2,1-2H3,(H,22,25)/b20-13+. The summed E-state index contributed by atoms with van der Waals surface area (Å²) in [7, 11) is 0. The molecule has 0 spiro atoms. The molecular weight excluding hydrogens is 332 g/mol. The number of benzene rings is 2. The first kappa shape index (κ1) is 17.1. The maximum Gasteiger partial charge on any atom is 0.216 e. The second-order valence-electron chi connectivity index (χ2n) is 5.66. The Bertz CT molecular complexity index is 925. The predicted octanol–water partition coefficient (Wildman–Crippen LogP) is 4.59. The van der Waals surface area contributed by atoms with Crippen LogP contribution in [0.3, 0.4) is 0 Å². The minimum Gasteiger partial charge on any atom is -0.493 e. The zero-order valence-electron chi connectivity index (χ0n) is 14.3. The molecule has 0 fully saturated rings. The lowest BCUT2D eigenvalue weighted by Crippen LogP contribution is -2.00. The molecule has 0 aliphatic carbocycles. The summed E-state index contributed by atoms with van der Waals surface area (Å²) in [6.45, 7) is 4.80. The van der Waals surface area contributed by atoms with Crippen LogP contribution in [0.2, 0.25) is 0 Å². The highest BCUT2D eigenvalue weighted by atomic mass is 32.1. The summed E-state index contributed by atoms with van der Waals surface area (Å²) in [4.78, 5) is 0. The zero-order valence-corrected chi connectivity index (χ0v) is 15.1. The molecule has 128 valence electrons. The van der Waals surface area contributed by atoms with E-state index in [1.807, 2.05) is 55.5 Å². The van der Waals surface area contributed by atoms with E-state index in [0.29, 0.717) is 17.2 Å². The van der Waals surface area contributed by atoms with E-state index >= 15 is 0 Å². The highest BCUT2D eigenvalue weighted by molar-refractivity contribution is 7.71. The molecule has 0 aliphatic heterocycles. The molecule has 1 aromatic heterocycles. The van der Waals surface area contributed by atoms with Gasteiger partial charge < -0.3 is 4.74 Å². The number of H-pyrrole nitrogens is 1. The first-order chi connectivity index (χ1) is 12.2. The zero-order chi connectivity index (χ0) is 17.6. The van der Waals surface area contributed by atoms with Crippen molar-refractivity contribution in [1.29, 1.82) is 0 Å². The third kappa shape index (κ3) is 4.03. The third-order valence-corrected chi connectivity index (χ3v) is 3.92. The van der Waals surface area contributed by atoms with Gasteiger partial charge in [0.05, 0.1) is 12.8 Å². The molecule has 3 rings (SSSR count). The number of aryl methyl sites for hydroxylation is 1. The van der Waals surface area contributed by atoms with E-state index in [9.17, 15) is 0 Å². The Morgan fingerprint density at radius 2 is 1.96 bits per heavy atom. The van der Waals surface area contributed by atoms with Crippen molar-refractivity contribution in [2.24, 2.45) is 5.10 Å². The maximum atomic E-state index is 5.76. The van der Waals surface area contributed by atoms with E-state index in [2.05, 4.69) is 22.2 Å². The number of nitrogens with zero attached hydrogens (tertiary/aromatic N) is 3. The van der Waals surface area contributed by atoms with Crippen molar-refractivity contribution in [3.8, 4) is 17.1 Å². The van der Waals surface area contributed by atoms with Gasteiger partial charge in [0.25, 0.3) is 0 Å². The third-order valence-electron chi connectivity index (χ3n) is 3.65. The normalized spacial score (nSPS) is 11.1. The number of para-hydroxylation sites is 1. The average Bonchev–Trinajstić information content (AvgIpc) is 3.00. The van der Waals surface area contributed by atoms with Crippen LogP contribution >= 0.6 is 12.2 Å². The molecular formula is C19H20N4OS. The van der Waals surface area contributed by atoms with Crippen molar-refractivity contribution in [1.82, 2.24) is 14.9 Å². The average molecular weight is 352 g/mol. The van der Waals surface area contributed by atoms with Crippen molar-refractivity contribution in [2.75, 3.05) is 6.61 Å². The van der Waals surface area contributed by atoms with Crippen LogP contribution in [0.5, 0.6) is 5.75 Å². The number of ether oxygens (including phenoxy) is 1. The fourth-order valence-electron chi connectivity index (χ4n) is 2.34. The molecule has 5 nitrogen and oxygen atoms in total. The summed E-state index contributed by atoms with van der Waals surface area (Å²) in [5, 5.41) is 11.6. The maximum absolute atomic E-state index is 5.76. The quantitative estimate of drug-likeness (QED) is 0.521. The van der Waals surface area contributed by atoms with Crippen molar-refractivity contribution in [3.63, 3.8) is 0 Å². The minimum atomic E-state index is 0.443. The summed E-state index contributed by atoms with van der Waals surface area (Å²) in [6.07, 6.45) is 2.70. The summed E-state index contributed by atoms with van der Waals surface area (Å²) < 4.78 is 7.83. The molecule has 0 atom stereocenters. The fraction of sp³-hybridized carbons (Fsp3) is 0.211. The van der Waals surface area contributed by atoms with E-state index in [0.717, 1.165) is 23.3 Å². The number of hydrogen-bond donors (Lipinski definition) is 1. The van der Waals surface area contributed by atoms with Gasteiger partial charge in [0.15, 0.2) is 5.82 Å². The lowest BCUT2D eigenvalue weighted by atomic mass is 10.1. The van der Waals surface area contributed by atoms with E-state index in [-0.39, 0.29) is 0 Å². The summed E-state index contributed by atoms with van der Waals surface area (Å²) in [6, 6.07) is 15.9. The Balaban J connectivity index is 1.94. The van der Waals surface area contributed by atoms with Gasteiger partial charge in [-0.3, -0.25) is 0 Å². The summed E-state index contributed by atoms with van der Waals surface area (Å²) >= 11 is 5.32. The first-order valence-corrected chi connectivity index (χ1v) is 8.60. The van der Waals surface area contributed by atoms with Crippen molar-refractivity contribution in [2.45, 2.75) is 20.3 Å². The molecule has 0 radical (unpaired) electrons. The monoisotopic (exact) mass is 352 g/mol. The molecule has 0 aliphatic rings. The molecule has 3 aromatic rings. The Morgan fingerprint density at radius 1 is 1.20 bits per heavy atom. The van der Waals surface area contributed by atoms with Gasteiger partial charge in [-0.15, -0.1) is 0 Å². The molecule has 0 amide bonds. The molecule has 0 saturated carbocycles. The second kappa shape index (κ2) is 7.90. The van der Waals surface area contributed by atoms with Crippen LogP contribution in [0.25, 0.3) is 11.4 Å². The molecule has 25 heavy (non-hydrogen) atoms. The molecule has 0 bridgehead atoms.